The van der Waals surface area contributed by atoms with Crippen molar-refractivity contribution >= 4 is 21.6 Å². The fraction of sp³-hybridized carbons (Fsp3) is 0.350. The standard InChI is InChI=1S/C20H21N3O2S/c1-14-17(15-8-4-3-5-9-15)18-19(26-14)22-16(10-13-25-2)23(20(18)24)12-7-6-11-21/h3-5,8-9H,6-7,10,12-13H2,1-2H3. The van der Waals surface area contributed by atoms with Crippen LogP contribution in [0.3, 0.4) is 0 Å². The number of aromatic nitrogens is 2. The molecule has 6 heteroatoms. The minimum Gasteiger partial charge on any atom is -0.384 e. The fourth-order valence-corrected chi connectivity index (χ4v) is 4.17. The first-order valence-electron chi connectivity index (χ1n) is 8.61. The van der Waals surface area contributed by atoms with Gasteiger partial charge in [0, 0.05) is 36.9 Å². The van der Waals surface area contributed by atoms with E-state index < -0.39 is 0 Å². The summed E-state index contributed by atoms with van der Waals surface area (Å²) in [4.78, 5) is 20.0. The number of aryl methyl sites for hydroxylation is 1. The van der Waals surface area contributed by atoms with E-state index in [2.05, 4.69) is 6.07 Å². The number of ether oxygens (including phenoxy) is 1. The molecule has 0 N–H and O–H groups in total. The zero-order valence-corrected chi connectivity index (χ0v) is 15.8. The van der Waals surface area contributed by atoms with E-state index in [0.29, 0.717) is 37.8 Å². The Balaban J connectivity index is 2.20. The van der Waals surface area contributed by atoms with Crippen LogP contribution in [-0.4, -0.2) is 23.3 Å². The summed E-state index contributed by atoms with van der Waals surface area (Å²) >= 11 is 1.55. The van der Waals surface area contributed by atoms with Gasteiger partial charge in [-0.15, -0.1) is 11.3 Å². The van der Waals surface area contributed by atoms with E-state index in [1.807, 2.05) is 37.3 Å². The Morgan fingerprint density at radius 3 is 2.77 bits per heavy atom. The molecule has 0 aliphatic heterocycles. The lowest BCUT2D eigenvalue weighted by molar-refractivity contribution is 0.199. The van der Waals surface area contributed by atoms with Crippen LogP contribution in [0.5, 0.6) is 0 Å². The molecule has 1 aromatic carbocycles. The van der Waals surface area contributed by atoms with Gasteiger partial charge in [-0.3, -0.25) is 9.36 Å². The third kappa shape index (κ3) is 3.55. The SMILES string of the molecule is COCCc1nc2sc(C)c(-c3ccccc3)c2c(=O)n1CCCC#N. The molecule has 134 valence electrons. The highest BCUT2D eigenvalue weighted by Crippen LogP contribution is 2.35. The van der Waals surface area contributed by atoms with Crippen LogP contribution >= 0.6 is 11.3 Å². The van der Waals surface area contributed by atoms with Crippen molar-refractivity contribution in [1.29, 1.82) is 5.26 Å². The van der Waals surface area contributed by atoms with Crippen molar-refractivity contribution in [3.8, 4) is 17.2 Å². The van der Waals surface area contributed by atoms with Crippen molar-refractivity contribution in [3.63, 3.8) is 0 Å². The predicted octanol–water partition coefficient (Wildman–Crippen LogP) is 3.93. The molecule has 0 unspecified atom stereocenters. The van der Waals surface area contributed by atoms with Gasteiger partial charge in [0.15, 0.2) is 0 Å². The first-order valence-corrected chi connectivity index (χ1v) is 9.43. The highest BCUT2D eigenvalue weighted by atomic mass is 32.1. The van der Waals surface area contributed by atoms with E-state index in [0.717, 1.165) is 26.7 Å². The minimum atomic E-state index is -0.0257. The molecule has 0 spiro atoms. The Morgan fingerprint density at radius 2 is 2.08 bits per heavy atom. The number of hydrogen-bond acceptors (Lipinski definition) is 5. The second-order valence-corrected chi connectivity index (χ2v) is 7.27. The van der Waals surface area contributed by atoms with Crippen LogP contribution in [0.2, 0.25) is 0 Å². The second kappa shape index (κ2) is 8.26. The number of benzene rings is 1. The summed E-state index contributed by atoms with van der Waals surface area (Å²) in [5, 5.41) is 9.50. The molecule has 0 radical (unpaired) electrons. The molecule has 5 nitrogen and oxygen atoms in total. The van der Waals surface area contributed by atoms with Gasteiger partial charge in [-0.25, -0.2) is 4.98 Å². The number of thiophene rings is 1. The van der Waals surface area contributed by atoms with E-state index in [-0.39, 0.29) is 5.56 Å². The first-order chi connectivity index (χ1) is 12.7. The monoisotopic (exact) mass is 367 g/mol. The number of hydrogen-bond donors (Lipinski definition) is 0. The maximum atomic E-state index is 13.3. The highest BCUT2D eigenvalue weighted by Gasteiger charge is 2.19. The van der Waals surface area contributed by atoms with Gasteiger partial charge in [0.1, 0.15) is 10.7 Å². The van der Waals surface area contributed by atoms with Gasteiger partial charge in [-0.05, 0) is 18.9 Å². The molecule has 0 atom stereocenters. The normalized spacial score (nSPS) is 11.0. The van der Waals surface area contributed by atoms with Crippen molar-refractivity contribution in [2.24, 2.45) is 0 Å². The summed E-state index contributed by atoms with van der Waals surface area (Å²) in [5.74, 6) is 0.725. The van der Waals surface area contributed by atoms with Crippen LogP contribution in [0.15, 0.2) is 35.1 Å². The molecule has 0 bridgehead atoms. The lowest BCUT2D eigenvalue weighted by Crippen LogP contribution is -2.26. The Hall–Kier alpha value is -2.49. The second-order valence-electron chi connectivity index (χ2n) is 6.07. The fourth-order valence-electron chi connectivity index (χ4n) is 3.12. The number of fused-ring (bicyclic) bond motifs is 1. The van der Waals surface area contributed by atoms with Crippen LogP contribution in [-0.2, 0) is 17.7 Å². The average molecular weight is 367 g/mol. The Labute approximate surface area is 156 Å². The molecular weight excluding hydrogens is 346 g/mol. The zero-order valence-electron chi connectivity index (χ0n) is 15.0. The van der Waals surface area contributed by atoms with E-state index in [9.17, 15) is 4.79 Å². The zero-order chi connectivity index (χ0) is 18.5. The van der Waals surface area contributed by atoms with Gasteiger partial charge in [0.2, 0.25) is 0 Å². The van der Waals surface area contributed by atoms with Crippen molar-refractivity contribution < 1.29 is 4.74 Å². The maximum Gasteiger partial charge on any atom is 0.262 e. The first kappa shape index (κ1) is 18.3. The van der Waals surface area contributed by atoms with E-state index in [1.165, 1.54) is 0 Å². The van der Waals surface area contributed by atoms with Crippen molar-refractivity contribution in [3.05, 3.63) is 51.4 Å². The third-order valence-electron chi connectivity index (χ3n) is 4.33. The number of nitriles is 1. The van der Waals surface area contributed by atoms with Crippen LogP contribution in [0.1, 0.15) is 23.5 Å². The smallest absolute Gasteiger partial charge is 0.262 e. The molecule has 3 aromatic rings. The molecule has 0 amide bonds. The Kier molecular flexibility index (Phi) is 5.82. The molecular formula is C20H21N3O2S. The molecule has 26 heavy (non-hydrogen) atoms. The Bertz CT molecular complexity index is 1000. The van der Waals surface area contributed by atoms with Crippen molar-refractivity contribution in [1.82, 2.24) is 9.55 Å². The molecule has 0 saturated heterocycles. The summed E-state index contributed by atoms with van der Waals surface area (Å²) in [6.45, 7) is 3.03. The number of rotatable bonds is 7. The molecule has 2 heterocycles. The lowest BCUT2D eigenvalue weighted by Gasteiger charge is -2.12. The molecule has 0 saturated carbocycles. The van der Waals surface area contributed by atoms with E-state index in [4.69, 9.17) is 15.0 Å². The molecule has 0 fully saturated rings. The summed E-state index contributed by atoms with van der Waals surface area (Å²) in [6, 6.07) is 12.1. The van der Waals surface area contributed by atoms with E-state index >= 15 is 0 Å². The van der Waals surface area contributed by atoms with Crippen LogP contribution in [0, 0.1) is 18.3 Å². The third-order valence-corrected chi connectivity index (χ3v) is 5.33. The minimum absolute atomic E-state index is 0.0257. The van der Waals surface area contributed by atoms with Crippen LogP contribution in [0.25, 0.3) is 21.3 Å². The topological polar surface area (TPSA) is 67.9 Å². The Morgan fingerprint density at radius 1 is 1.31 bits per heavy atom. The summed E-state index contributed by atoms with van der Waals surface area (Å²) in [5.41, 5.74) is 1.97. The quantitative estimate of drug-likeness (QED) is 0.594. The lowest BCUT2D eigenvalue weighted by atomic mass is 10.0. The van der Waals surface area contributed by atoms with E-state index in [1.54, 1.807) is 23.0 Å². The number of nitrogens with zero attached hydrogens (tertiary/aromatic N) is 3. The maximum absolute atomic E-state index is 13.3. The summed E-state index contributed by atoms with van der Waals surface area (Å²) in [6.07, 6.45) is 1.63. The number of unbranched alkanes of at least 4 members (excludes halogenated alkanes) is 1. The van der Waals surface area contributed by atoms with Crippen molar-refractivity contribution in [2.45, 2.75) is 32.7 Å². The summed E-state index contributed by atoms with van der Waals surface area (Å²) in [7, 11) is 1.64. The van der Waals surface area contributed by atoms with Gasteiger partial charge < -0.3 is 4.74 Å². The van der Waals surface area contributed by atoms with Gasteiger partial charge in [-0.1, -0.05) is 30.3 Å². The molecule has 2 aromatic heterocycles. The number of methoxy groups -OCH3 is 1. The van der Waals surface area contributed by atoms with Gasteiger partial charge >= 0.3 is 0 Å². The van der Waals surface area contributed by atoms with Gasteiger partial charge in [-0.2, -0.15) is 5.26 Å². The predicted molar refractivity (Wildman–Crippen MR) is 104 cm³/mol. The average Bonchev–Trinajstić information content (AvgIpc) is 2.99. The largest absolute Gasteiger partial charge is 0.384 e. The summed E-state index contributed by atoms with van der Waals surface area (Å²) < 4.78 is 6.89. The molecule has 0 aliphatic carbocycles. The van der Waals surface area contributed by atoms with Gasteiger partial charge in [0.25, 0.3) is 5.56 Å². The highest BCUT2D eigenvalue weighted by molar-refractivity contribution is 7.19. The van der Waals surface area contributed by atoms with Crippen LogP contribution in [0.4, 0.5) is 0 Å². The molecule has 0 aliphatic rings. The van der Waals surface area contributed by atoms with Gasteiger partial charge in [0.05, 0.1) is 18.1 Å². The van der Waals surface area contributed by atoms with Crippen molar-refractivity contribution in [2.75, 3.05) is 13.7 Å². The molecule has 3 rings (SSSR count). The van der Waals surface area contributed by atoms with Crippen LogP contribution < -0.4 is 5.56 Å².